The third-order valence-electron chi connectivity index (χ3n) is 1.35. The molecule has 1 N–H and O–H groups in total. The van der Waals surface area contributed by atoms with Crippen LogP contribution in [0.1, 0.15) is 5.69 Å². The normalized spacial score (nSPS) is 11.4. The number of rotatable bonds is 3. The third-order valence-corrected chi connectivity index (χ3v) is 2.22. The van der Waals surface area contributed by atoms with Gasteiger partial charge in [0.2, 0.25) is 0 Å². The SMILES string of the molecule is C=CCSc1nc(C(F)(F)F)cc(=O)[nH]1. The predicted octanol–water partition coefficient (Wildman–Crippen LogP) is 2.07. The number of thioether (sulfide) groups is 1. The summed E-state index contributed by atoms with van der Waals surface area (Å²) < 4.78 is 36.7. The molecule has 15 heavy (non-hydrogen) atoms. The van der Waals surface area contributed by atoms with Crippen molar-refractivity contribution in [2.24, 2.45) is 0 Å². The summed E-state index contributed by atoms with van der Waals surface area (Å²) in [6.07, 6.45) is -3.09. The molecule has 0 atom stereocenters. The minimum atomic E-state index is -4.60. The van der Waals surface area contributed by atoms with Gasteiger partial charge in [-0.05, 0) is 0 Å². The number of H-pyrrole nitrogens is 1. The van der Waals surface area contributed by atoms with Crippen LogP contribution in [0, 0.1) is 0 Å². The van der Waals surface area contributed by atoms with E-state index >= 15 is 0 Å². The highest BCUT2D eigenvalue weighted by molar-refractivity contribution is 7.99. The minimum Gasteiger partial charge on any atom is -0.301 e. The Hall–Kier alpha value is -1.24. The first-order valence-electron chi connectivity index (χ1n) is 3.85. The zero-order chi connectivity index (χ0) is 11.5. The fourth-order valence-corrected chi connectivity index (χ4v) is 1.40. The highest BCUT2D eigenvalue weighted by atomic mass is 32.2. The molecule has 0 spiro atoms. The maximum absolute atomic E-state index is 12.2. The Morgan fingerprint density at radius 3 is 2.80 bits per heavy atom. The van der Waals surface area contributed by atoms with Crippen LogP contribution < -0.4 is 5.56 Å². The molecule has 0 unspecified atom stereocenters. The van der Waals surface area contributed by atoms with Crippen LogP contribution in [0.5, 0.6) is 0 Å². The Kier molecular flexibility index (Phi) is 3.57. The van der Waals surface area contributed by atoms with Crippen LogP contribution in [0.15, 0.2) is 28.7 Å². The summed E-state index contributed by atoms with van der Waals surface area (Å²) in [6.45, 7) is 3.41. The molecule has 1 aromatic heterocycles. The standard InChI is InChI=1S/C8H7F3N2OS/c1-2-3-15-7-12-5(8(9,10)11)4-6(14)13-7/h2,4H,1,3H2,(H,12,13,14). The molecule has 0 aliphatic carbocycles. The second kappa shape index (κ2) is 4.52. The first-order chi connectivity index (χ1) is 6.93. The summed E-state index contributed by atoms with van der Waals surface area (Å²) in [4.78, 5) is 16.4. The third kappa shape index (κ3) is 3.43. The molecule has 0 amide bonds. The molecule has 0 fully saturated rings. The van der Waals surface area contributed by atoms with Crippen molar-refractivity contribution in [2.75, 3.05) is 5.75 Å². The van der Waals surface area contributed by atoms with Crippen molar-refractivity contribution in [2.45, 2.75) is 11.3 Å². The molecule has 1 aromatic rings. The Labute approximate surface area is 87.4 Å². The van der Waals surface area contributed by atoms with Crippen molar-refractivity contribution >= 4 is 11.8 Å². The van der Waals surface area contributed by atoms with E-state index in [9.17, 15) is 18.0 Å². The van der Waals surface area contributed by atoms with E-state index in [1.54, 1.807) is 0 Å². The lowest BCUT2D eigenvalue weighted by Crippen LogP contribution is -2.16. The topological polar surface area (TPSA) is 45.8 Å². The fraction of sp³-hybridized carbons (Fsp3) is 0.250. The van der Waals surface area contributed by atoms with Gasteiger partial charge in [0.1, 0.15) is 0 Å². The maximum Gasteiger partial charge on any atom is 0.433 e. The molecule has 0 aliphatic heterocycles. The molecule has 1 heterocycles. The number of aromatic nitrogens is 2. The number of hydrogen-bond donors (Lipinski definition) is 1. The second-order valence-electron chi connectivity index (χ2n) is 2.53. The summed E-state index contributed by atoms with van der Waals surface area (Å²) in [5.41, 5.74) is -2.00. The molecule has 0 bridgehead atoms. The van der Waals surface area contributed by atoms with E-state index in [1.165, 1.54) is 6.08 Å². The largest absolute Gasteiger partial charge is 0.433 e. The Morgan fingerprint density at radius 2 is 2.27 bits per heavy atom. The zero-order valence-electron chi connectivity index (χ0n) is 7.47. The van der Waals surface area contributed by atoms with Crippen molar-refractivity contribution in [3.8, 4) is 0 Å². The fourth-order valence-electron chi connectivity index (χ4n) is 0.787. The van der Waals surface area contributed by atoms with Crippen LogP contribution in [-0.2, 0) is 6.18 Å². The number of alkyl halides is 3. The number of nitrogens with one attached hydrogen (secondary N) is 1. The van der Waals surface area contributed by atoms with Gasteiger partial charge >= 0.3 is 6.18 Å². The van der Waals surface area contributed by atoms with Gasteiger partial charge in [0, 0.05) is 11.8 Å². The molecule has 0 aliphatic rings. The van der Waals surface area contributed by atoms with Gasteiger partial charge < -0.3 is 4.98 Å². The van der Waals surface area contributed by atoms with E-state index in [0.29, 0.717) is 11.8 Å². The van der Waals surface area contributed by atoms with Crippen molar-refractivity contribution < 1.29 is 13.2 Å². The van der Waals surface area contributed by atoms with Gasteiger partial charge in [-0.1, -0.05) is 17.8 Å². The van der Waals surface area contributed by atoms with Gasteiger partial charge in [-0.25, -0.2) is 4.98 Å². The first-order valence-corrected chi connectivity index (χ1v) is 4.84. The lowest BCUT2D eigenvalue weighted by Gasteiger charge is -2.05. The summed E-state index contributed by atoms with van der Waals surface area (Å²) in [6, 6.07) is 0.429. The summed E-state index contributed by atoms with van der Waals surface area (Å²) >= 11 is 0.980. The Balaban J connectivity index is 3.05. The van der Waals surface area contributed by atoms with Crippen LogP contribution in [-0.4, -0.2) is 15.7 Å². The van der Waals surface area contributed by atoms with Crippen LogP contribution in [0.2, 0.25) is 0 Å². The molecule has 0 saturated carbocycles. The molecule has 0 saturated heterocycles. The van der Waals surface area contributed by atoms with Crippen LogP contribution in [0.4, 0.5) is 13.2 Å². The molecule has 3 nitrogen and oxygen atoms in total. The smallest absolute Gasteiger partial charge is 0.301 e. The van der Waals surface area contributed by atoms with Gasteiger partial charge in [0.15, 0.2) is 10.9 Å². The number of nitrogens with zero attached hydrogens (tertiary/aromatic N) is 1. The van der Waals surface area contributed by atoms with Gasteiger partial charge in [-0.2, -0.15) is 13.2 Å². The lowest BCUT2D eigenvalue weighted by atomic mass is 10.4. The Bertz CT molecular complexity index is 413. The van der Waals surface area contributed by atoms with E-state index < -0.39 is 17.4 Å². The maximum atomic E-state index is 12.2. The molecule has 82 valence electrons. The van der Waals surface area contributed by atoms with Gasteiger partial charge in [0.25, 0.3) is 5.56 Å². The van der Waals surface area contributed by atoms with Crippen LogP contribution in [0.25, 0.3) is 0 Å². The quantitative estimate of drug-likeness (QED) is 0.496. The molecule has 1 rings (SSSR count). The van der Waals surface area contributed by atoms with E-state index in [2.05, 4.69) is 16.5 Å². The van der Waals surface area contributed by atoms with E-state index in [4.69, 9.17) is 0 Å². The summed E-state index contributed by atoms with van der Waals surface area (Å²) in [5, 5.41) is -0.0604. The van der Waals surface area contributed by atoms with Crippen molar-refractivity contribution in [3.63, 3.8) is 0 Å². The minimum absolute atomic E-state index is 0.0604. The zero-order valence-corrected chi connectivity index (χ0v) is 8.28. The summed E-state index contributed by atoms with van der Waals surface area (Å²) in [7, 11) is 0. The average Bonchev–Trinajstić information content (AvgIpc) is 2.12. The van der Waals surface area contributed by atoms with E-state index in [1.807, 2.05) is 0 Å². The second-order valence-corrected chi connectivity index (χ2v) is 3.54. The number of aromatic amines is 1. The van der Waals surface area contributed by atoms with Crippen molar-refractivity contribution in [1.29, 1.82) is 0 Å². The first kappa shape index (κ1) is 11.8. The van der Waals surface area contributed by atoms with E-state index in [0.717, 1.165) is 11.8 Å². The highest BCUT2D eigenvalue weighted by Gasteiger charge is 2.33. The van der Waals surface area contributed by atoms with Gasteiger partial charge in [0.05, 0.1) is 0 Å². The monoisotopic (exact) mass is 236 g/mol. The molecule has 0 radical (unpaired) electrons. The average molecular weight is 236 g/mol. The van der Waals surface area contributed by atoms with Crippen molar-refractivity contribution in [3.05, 3.63) is 34.8 Å². The number of halogens is 3. The molecular weight excluding hydrogens is 229 g/mol. The Morgan fingerprint density at radius 1 is 1.60 bits per heavy atom. The van der Waals surface area contributed by atoms with E-state index in [-0.39, 0.29) is 5.16 Å². The predicted molar refractivity (Wildman–Crippen MR) is 50.8 cm³/mol. The van der Waals surface area contributed by atoms with Crippen LogP contribution >= 0.6 is 11.8 Å². The molecular formula is C8H7F3N2OS. The van der Waals surface area contributed by atoms with Crippen LogP contribution in [0.3, 0.4) is 0 Å². The summed E-state index contributed by atoms with van der Waals surface area (Å²) in [5.74, 6) is 0.379. The number of hydrogen-bond acceptors (Lipinski definition) is 3. The molecule has 0 aromatic carbocycles. The highest BCUT2D eigenvalue weighted by Crippen LogP contribution is 2.27. The van der Waals surface area contributed by atoms with Gasteiger partial charge in [-0.3, -0.25) is 4.79 Å². The van der Waals surface area contributed by atoms with Gasteiger partial charge in [-0.15, -0.1) is 6.58 Å². The van der Waals surface area contributed by atoms with Crippen molar-refractivity contribution in [1.82, 2.24) is 9.97 Å². The lowest BCUT2D eigenvalue weighted by molar-refractivity contribution is -0.141. The molecule has 7 heteroatoms.